The lowest BCUT2D eigenvalue weighted by atomic mass is 10.1. The second kappa shape index (κ2) is 4.52. The Morgan fingerprint density at radius 3 is 2.43 bits per heavy atom. The molecular formula is C9H14N2O2S. The molecule has 0 saturated carbocycles. The van der Waals surface area contributed by atoms with Crippen LogP contribution in [0.4, 0.5) is 0 Å². The Labute approximate surface area is 84.1 Å². The monoisotopic (exact) mass is 214 g/mol. The van der Waals surface area contributed by atoms with Gasteiger partial charge in [0.15, 0.2) is 9.84 Å². The maximum Gasteiger partial charge on any atom is 0.151 e. The summed E-state index contributed by atoms with van der Waals surface area (Å²) in [7, 11) is -3.06. The minimum absolute atomic E-state index is 0.154. The minimum Gasteiger partial charge on any atom is -0.329 e. The summed E-state index contributed by atoms with van der Waals surface area (Å²) in [5.74, 6) is 0. The molecule has 0 aliphatic rings. The topological polar surface area (TPSA) is 73.0 Å². The van der Waals surface area contributed by atoms with Crippen molar-refractivity contribution in [1.29, 1.82) is 0 Å². The van der Waals surface area contributed by atoms with E-state index in [1.54, 1.807) is 24.5 Å². The lowest BCUT2D eigenvalue weighted by Gasteiger charge is -2.11. The lowest BCUT2D eigenvalue weighted by molar-refractivity contribution is 0.584. The molecule has 0 aliphatic heterocycles. The number of nitrogens with zero attached hydrogens (tertiary/aromatic N) is 1. The van der Waals surface area contributed by atoms with E-state index in [1.807, 2.05) is 0 Å². The van der Waals surface area contributed by atoms with Crippen LogP contribution in [-0.4, -0.2) is 31.5 Å². The first-order chi connectivity index (χ1) is 6.54. The van der Waals surface area contributed by atoms with Gasteiger partial charge in [0, 0.05) is 25.2 Å². The van der Waals surface area contributed by atoms with Gasteiger partial charge in [-0.25, -0.2) is 8.42 Å². The largest absolute Gasteiger partial charge is 0.329 e. The van der Waals surface area contributed by atoms with Crippen molar-refractivity contribution in [1.82, 2.24) is 4.98 Å². The molecule has 1 unspecified atom stereocenters. The van der Waals surface area contributed by atoms with Crippen LogP contribution in [0.25, 0.3) is 0 Å². The summed E-state index contributed by atoms with van der Waals surface area (Å²) in [4.78, 5) is 3.86. The first-order valence-electron chi connectivity index (χ1n) is 4.32. The van der Waals surface area contributed by atoms with E-state index >= 15 is 0 Å². The van der Waals surface area contributed by atoms with E-state index in [-0.39, 0.29) is 6.54 Å². The van der Waals surface area contributed by atoms with Gasteiger partial charge in [-0.3, -0.25) is 4.98 Å². The van der Waals surface area contributed by atoms with Crippen LogP contribution in [0.3, 0.4) is 0 Å². The van der Waals surface area contributed by atoms with Crippen LogP contribution in [0, 0.1) is 0 Å². The molecule has 1 aromatic rings. The van der Waals surface area contributed by atoms with Crippen LogP contribution in [0.15, 0.2) is 24.5 Å². The van der Waals surface area contributed by atoms with Crippen molar-refractivity contribution in [3.63, 3.8) is 0 Å². The van der Waals surface area contributed by atoms with E-state index in [2.05, 4.69) is 4.98 Å². The molecule has 5 heteroatoms. The van der Waals surface area contributed by atoms with Gasteiger partial charge < -0.3 is 5.73 Å². The molecule has 1 aromatic heterocycles. The summed E-state index contributed by atoms with van der Waals surface area (Å²) in [6.07, 6.45) is 4.96. The fourth-order valence-corrected chi connectivity index (χ4v) is 2.04. The van der Waals surface area contributed by atoms with Crippen LogP contribution in [0.1, 0.15) is 5.56 Å². The van der Waals surface area contributed by atoms with Gasteiger partial charge in [0.25, 0.3) is 0 Å². The van der Waals surface area contributed by atoms with Crippen LogP contribution in [0.5, 0.6) is 0 Å². The zero-order valence-electron chi connectivity index (χ0n) is 8.05. The van der Waals surface area contributed by atoms with Gasteiger partial charge in [-0.2, -0.15) is 0 Å². The van der Waals surface area contributed by atoms with Crippen molar-refractivity contribution >= 4 is 9.84 Å². The van der Waals surface area contributed by atoms with Gasteiger partial charge in [0.2, 0.25) is 0 Å². The quantitative estimate of drug-likeness (QED) is 0.765. The SMILES string of the molecule is CS(=O)(=O)C(CN)Cc1ccncc1. The minimum atomic E-state index is -3.06. The lowest BCUT2D eigenvalue weighted by Crippen LogP contribution is -2.30. The second-order valence-electron chi connectivity index (χ2n) is 3.25. The molecule has 0 fully saturated rings. The molecule has 1 heterocycles. The van der Waals surface area contributed by atoms with E-state index in [9.17, 15) is 8.42 Å². The normalized spacial score (nSPS) is 13.9. The Hall–Kier alpha value is -0.940. The van der Waals surface area contributed by atoms with Crippen LogP contribution in [-0.2, 0) is 16.3 Å². The highest BCUT2D eigenvalue weighted by Crippen LogP contribution is 2.07. The number of hydrogen-bond acceptors (Lipinski definition) is 4. The summed E-state index contributed by atoms with van der Waals surface area (Å²) in [6, 6.07) is 3.60. The van der Waals surface area contributed by atoms with E-state index in [0.29, 0.717) is 6.42 Å². The number of sulfone groups is 1. The molecule has 78 valence electrons. The van der Waals surface area contributed by atoms with Gasteiger partial charge in [-0.15, -0.1) is 0 Å². The van der Waals surface area contributed by atoms with Crippen molar-refractivity contribution in [2.45, 2.75) is 11.7 Å². The summed E-state index contributed by atoms with van der Waals surface area (Å²) in [5.41, 5.74) is 6.36. The molecule has 2 N–H and O–H groups in total. The molecule has 14 heavy (non-hydrogen) atoms. The van der Waals surface area contributed by atoms with E-state index in [4.69, 9.17) is 5.73 Å². The molecule has 0 bridgehead atoms. The number of rotatable bonds is 4. The summed E-state index contributed by atoms with van der Waals surface area (Å²) >= 11 is 0. The fourth-order valence-electron chi connectivity index (χ4n) is 1.19. The molecule has 0 saturated heterocycles. The first kappa shape index (κ1) is 11.1. The van der Waals surface area contributed by atoms with Crippen LogP contribution >= 0.6 is 0 Å². The van der Waals surface area contributed by atoms with Gasteiger partial charge in [0.05, 0.1) is 5.25 Å². The van der Waals surface area contributed by atoms with Crippen LogP contribution in [0.2, 0.25) is 0 Å². The van der Waals surface area contributed by atoms with Crippen molar-refractivity contribution in [3.05, 3.63) is 30.1 Å². The Balaban J connectivity index is 2.77. The number of aromatic nitrogens is 1. The molecule has 1 atom stereocenters. The Bertz CT molecular complexity index is 375. The number of nitrogens with two attached hydrogens (primary N) is 1. The molecule has 0 aliphatic carbocycles. The van der Waals surface area contributed by atoms with Gasteiger partial charge in [-0.1, -0.05) is 0 Å². The fraction of sp³-hybridized carbons (Fsp3) is 0.444. The third-order valence-corrected chi connectivity index (χ3v) is 3.65. The Morgan fingerprint density at radius 2 is 2.00 bits per heavy atom. The Morgan fingerprint density at radius 1 is 1.43 bits per heavy atom. The van der Waals surface area contributed by atoms with Crippen molar-refractivity contribution < 1.29 is 8.42 Å². The highest BCUT2D eigenvalue weighted by Gasteiger charge is 2.18. The standard InChI is InChI=1S/C9H14N2O2S/c1-14(12,13)9(7-10)6-8-2-4-11-5-3-8/h2-5,9H,6-7,10H2,1H3. The van der Waals surface area contributed by atoms with Crippen molar-refractivity contribution in [3.8, 4) is 0 Å². The number of hydrogen-bond donors (Lipinski definition) is 1. The van der Waals surface area contributed by atoms with E-state index in [0.717, 1.165) is 5.56 Å². The average molecular weight is 214 g/mol. The first-order valence-corrected chi connectivity index (χ1v) is 6.27. The molecule has 1 rings (SSSR count). The molecule has 0 spiro atoms. The van der Waals surface area contributed by atoms with Gasteiger partial charge in [0.1, 0.15) is 0 Å². The van der Waals surface area contributed by atoms with Crippen molar-refractivity contribution in [2.24, 2.45) is 5.73 Å². The molecule has 0 radical (unpaired) electrons. The third-order valence-electron chi connectivity index (χ3n) is 2.08. The van der Waals surface area contributed by atoms with Crippen LogP contribution < -0.4 is 5.73 Å². The highest BCUT2D eigenvalue weighted by atomic mass is 32.2. The zero-order chi connectivity index (χ0) is 10.6. The maximum atomic E-state index is 11.3. The maximum absolute atomic E-state index is 11.3. The summed E-state index contributed by atoms with van der Waals surface area (Å²) < 4.78 is 22.5. The molecule has 4 nitrogen and oxygen atoms in total. The smallest absolute Gasteiger partial charge is 0.151 e. The second-order valence-corrected chi connectivity index (χ2v) is 5.57. The molecular weight excluding hydrogens is 200 g/mol. The van der Waals surface area contributed by atoms with Gasteiger partial charge >= 0.3 is 0 Å². The van der Waals surface area contributed by atoms with E-state index in [1.165, 1.54) is 6.26 Å². The zero-order valence-corrected chi connectivity index (χ0v) is 8.87. The molecule has 0 amide bonds. The average Bonchev–Trinajstić information content (AvgIpc) is 2.14. The third kappa shape index (κ3) is 3.08. The predicted molar refractivity (Wildman–Crippen MR) is 55.6 cm³/mol. The van der Waals surface area contributed by atoms with E-state index < -0.39 is 15.1 Å². The number of pyridine rings is 1. The summed E-state index contributed by atoms with van der Waals surface area (Å²) in [5, 5.41) is -0.495. The summed E-state index contributed by atoms with van der Waals surface area (Å²) in [6.45, 7) is 0.154. The predicted octanol–water partition coefficient (Wildman–Crippen LogP) is -0.00400. The highest BCUT2D eigenvalue weighted by molar-refractivity contribution is 7.91. The van der Waals surface area contributed by atoms with Crippen molar-refractivity contribution in [2.75, 3.05) is 12.8 Å². The molecule has 0 aromatic carbocycles. The van der Waals surface area contributed by atoms with Gasteiger partial charge in [-0.05, 0) is 24.1 Å². The Kier molecular flexibility index (Phi) is 3.60.